The second-order valence-corrected chi connectivity index (χ2v) is 3.94. The molecule has 0 aliphatic carbocycles. The Morgan fingerprint density at radius 2 is 1.41 bits per heavy atom. The van der Waals surface area contributed by atoms with Crippen molar-refractivity contribution in [3.63, 3.8) is 0 Å². The number of hydrogen-bond donors (Lipinski definition) is 2. The Hall–Kier alpha value is -0.600. The lowest BCUT2D eigenvalue weighted by Crippen LogP contribution is -2.37. The first-order chi connectivity index (χ1) is 8.28. The van der Waals surface area contributed by atoms with Gasteiger partial charge >= 0.3 is 0 Å². The van der Waals surface area contributed by atoms with E-state index in [4.69, 9.17) is 23.6 Å². The third kappa shape index (κ3) is 9.13. The topological polar surface area (TPSA) is 46.9 Å². The van der Waals surface area contributed by atoms with Gasteiger partial charge < -0.3 is 15.1 Å². The van der Waals surface area contributed by atoms with Crippen LogP contribution in [0.2, 0.25) is 0 Å². The molecule has 2 N–H and O–H groups in total. The molecule has 17 heavy (non-hydrogen) atoms. The fraction of sp³-hybridized carbons (Fsp3) is 0.769. The molecule has 0 aliphatic rings. The second-order valence-electron chi connectivity index (χ2n) is 3.94. The lowest BCUT2D eigenvalue weighted by molar-refractivity contribution is 0.183. The molecule has 0 fully saturated rings. The van der Waals surface area contributed by atoms with Crippen LogP contribution in [-0.2, 0) is 0 Å². The Morgan fingerprint density at radius 1 is 0.882 bits per heavy atom. The van der Waals surface area contributed by atoms with Crippen molar-refractivity contribution in [1.82, 2.24) is 9.80 Å². The molecule has 4 nitrogen and oxygen atoms in total. The van der Waals surface area contributed by atoms with Crippen molar-refractivity contribution in [2.75, 3.05) is 52.5 Å². The van der Waals surface area contributed by atoms with Crippen molar-refractivity contribution < 1.29 is 10.2 Å². The second kappa shape index (κ2) is 11.9. The summed E-state index contributed by atoms with van der Waals surface area (Å²) in [5.41, 5.74) is 0. The maximum absolute atomic E-state index is 8.82. The molecular weight excluding hydrogens is 216 g/mol. The Morgan fingerprint density at radius 3 is 1.82 bits per heavy atom. The number of aliphatic hydroxyl groups is 2. The zero-order valence-corrected chi connectivity index (χ0v) is 10.5. The van der Waals surface area contributed by atoms with Crippen LogP contribution in [-0.4, -0.2) is 72.5 Å². The molecule has 4 heteroatoms. The lowest BCUT2D eigenvalue weighted by atomic mass is 10.3. The SMILES string of the molecule is [CH]CN(CC#C)CCN(CCCO)CCCO. The van der Waals surface area contributed by atoms with Crippen LogP contribution in [0.4, 0.5) is 0 Å². The molecule has 0 saturated heterocycles. The summed E-state index contributed by atoms with van der Waals surface area (Å²) in [7, 11) is 0. The van der Waals surface area contributed by atoms with E-state index >= 15 is 0 Å². The van der Waals surface area contributed by atoms with Crippen LogP contribution in [0, 0.1) is 19.3 Å². The summed E-state index contributed by atoms with van der Waals surface area (Å²) in [6.45, 7) is 10.3. The van der Waals surface area contributed by atoms with Gasteiger partial charge in [0.2, 0.25) is 0 Å². The molecule has 98 valence electrons. The first-order valence-corrected chi connectivity index (χ1v) is 6.08. The summed E-state index contributed by atoms with van der Waals surface area (Å²) in [6, 6.07) is 0. The van der Waals surface area contributed by atoms with Crippen molar-refractivity contribution >= 4 is 0 Å². The van der Waals surface area contributed by atoms with Gasteiger partial charge in [-0.3, -0.25) is 4.90 Å². The molecule has 0 unspecified atom stereocenters. The van der Waals surface area contributed by atoms with Crippen LogP contribution in [0.3, 0.4) is 0 Å². The van der Waals surface area contributed by atoms with Gasteiger partial charge in [0.25, 0.3) is 0 Å². The maximum atomic E-state index is 8.82. The van der Waals surface area contributed by atoms with Crippen LogP contribution < -0.4 is 0 Å². The molecule has 0 atom stereocenters. The summed E-state index contributed by atoms with van der Waals surface area (Å²) in [4.78, 5) is 4.20. The summed E-state index contributed by atoms with van der Waals surface area (Å²) < 4.78 is 0. The molecule has 0 saturated carbocycles. The average molecular weight is 240 g/mol. The smallest absolute Gasteiger partial charge is 0.0599 e. The number of rotatable bonds is 11. The Labute approximate surface area is 105 Å². The minimum absolute atomic E-state index is 0.195. The van der Waals surface area contributed by atoms with Gasteiger partial charge in [-0.15, -0.1) is 6.42 Å². The minimum Gasteiger partial charge on any atom is -0.396 e. The minimum atomic E-state index is 0.195. The molecule has 0 amide bonds. The van der Waals surface area contributed by atoms with Gasteiger partial charge in [-0.2, -0.15) is 0 Å². The third-order valence-electron chi connectivity index (χ3n) is 2.57. The predicted octanol–water partition coefficient (Wildman–Crippen LogP) is -0.301. The first kappa shape index (κ1) is 16.4. The quantitative estimate of drug-likeness (QED) is 0.487. The normalized spacial score (nSPS) is 11.1. The van der Waals surface area contributed by atoms with Crippen molar-refractivity contribution in [3.8, 4) is 12.3 Å². The number of hydrogen-bond acceptors (Lipinski definition) is 4. The van der Waals surface area contributed by atoms with Crippen LogP contribution in [0.1, 0.15) is 12.8 Å². The van der Waals surface area contributed by atoms with Crippen LogP contribution >= 0.6 is 0 Å². The number of nitrogens with zero attached hydrogens (tertiary/aromatic N) is 2. The monoisotopic (exact) mass is 240 g/mol. The summed E-state index contributed by atoms with van der Waals surface area (Å²) >= 11 is 0. The summed E-state index contributed by atoms with van der Waals surface area (Å²) in [5.74, 6) is 2.58. The highest BCUT2D eigenvalue weighted by Crippen LogP contribution is 1.96. The first-order valence-electron chi connectivity index (χ1n) is 6.08. The molecule has 0 aliphatic heterocycles. The van der Waals surface area contributed by atoms with E-state index in [1.807, 2.05) is 4.90 Å². The van der Waals surface area contributed by atoms with Crippen molar-refractivity contribution in [1.29, 1.82) is 0 Å². The van der Waals surface area contributed by atoms with Crippen LogP contribution in [0.25, 0.3) is 0 Å². The largest absolute Gasteiger partial charge is 0.396 e. The third-order valence-corrected chi connectivity index (χ3v) is 2.57. The zero-order valence-electron chi connectivity index (χ0n) is 10.5. The number of aliphatic hydroxyl groups excluding tert-OH is 2. The Kier molecular flexibility index (Phi) is 11.5. The molecular formula is C13H24N2O2. The summed E-state index contributed by atoms with van der Waals surface area (Å²) in [6.07, 6.45) is 6.75. The van der Waals surface area contributed by atoms with Crippen LogP contribution in [0.5, 0.6) is 0 Å². The van der Waals surface area contributed by atoms with E-state index in [-0.39, 0.29) is 13.2 Å². The highest BCUT2D eigenvalue weighted by atomic mass is 16.3. The standard InChI is InChI=1S/C13H24N2O2/c1-3-7-14(4-2)10-11-15(8-5-12-16)9-6-13-17/h1-2,16-17H,4-13H2. The highest BCUT2D eigenvalue weighted by Gasteiger charge is 2.07. The molecule has 0 heterocycles. The fourth-order valence-corrected chi connectivity index (χ4v) is 1.57. The molecule has 0 spiro atoms. The van der Waals surface area contributed by atoms with E-state index in [1.165, 1.54) is 0 Å². The van der Waals surface area contributed by atoms with E-state index in [2.05, 4.69) is 10.8 Å². The van der Waals surface area contributed by atoms with Gasteiger partial charge in [0.05, 0.1) is 6.54 Å². The molecule has 0 aromatic rings. The maximum Gasteiger partial charge on any atom is 0.0599 e. The molecule has 0 rings (SSSR count). The van der Waals surface area contributed by atoms with Crippen molar-refractivity contribution in [2.45, 2.75) is 12.8 Å². The van der Waals surface area contributed by atoms with Gasteiger partial charge in [0, 0.05) is 45.9 Å². The predicted molar refractivity (Wildman–Crippen MR) is 69.4 cm³/mol. The number of terminal acetylenes is 1. The summed E-state index contributed by atoms with van der Waals surface area (Å²) in [5, 5.41) is 17.6. The van der Waals surface area contributed by atoms with Crippen molar-refractivity contribution in [2.24, 2.45) is 0 Å². The van der Waals surface area contributed by atoms with Crippen molar-refractivity contribution in [3.05, 3.63) is 6.92 Å². The Bertz CT molecular complexity index is 196. The zero-order chi connectivity index (χ0) is 12.9. The van der Waals surface area contributed by atoms with E-state index < -0.39 is 0 Å². The molecule has 0 bridgehead atoms. The molecule has 2 radical (unpaired) electrons. The van der Waals surface area contributed by atoms with E-state index in [0.717, 1.165) is 39.0 Å². The van der Waals surface area contributed by atoms with E-state index in [9.17, 15) is 0 Å². The van der Waals surface area contributed by atoms with E-state index in [0.29, 0.717) is 13.1 Å². The van der Waals surface area contributed by atoms with Gasteiger partial charge in [0.15, 0.2) is 0 Å². The van der Waals surface area contributed by atoms with Gasteiger partial charge in [-0.1, -0.05) is 5.92 Å². The molecule has 0 aromatic carbocycles. The average Bonchev–Trinajstić information content (AvgIpc) is 2.36. The highest BCUT2D eigenvalue weighted by molar-refractivity contribution is 4.88. The van der Waals surface area contributed by atoms with Gasteiger partial charge in [-0.05, 0) is 19.8 Å². The van der Waals surface area contributed by atoms with Gasteiger partial charge in [-0.25, -0.2) is 0 Å². The Balaban J connectivity index is 3.90. The van der Waals surface area contributed by atoms with Crippen LogP contribution in [0.15, 0.2) is 0 Å². The van der Waals surface area contributed by atoms with Gasteiger partial charge in [0.1, 0.15) is 0 Å². The fourth-order valence-electron chi connectivity index (χ4n) is 1.57. The lowest BCUT2D eigenvalue weighted by Gasteiger charge is -2.25. The molecule has 0 aromatic heterocycles. The van der Waals surface area contributed by atoms with E-state index in [1.54, 1.807) is 0 Å².